The van der Waals surface area contributed by atoms with Gasteiger partial charge >= 0.3 is 17.9 Å². The van der Waals surface area contributed by atoms with E-state index in [4.69, 9.17) is 19.3 Å². The average molecular weight is 917 g/mol. The first kappa shape index (κ1) is 37.2. The highest BCUT2D eigenvalue weighted by Gasteiger charge is 2.33. The lowest BCUT2D eigenvalue weighted by Crippen LogP contribution is -2.42. The van der Waals surface area contributed by atoms with Crippen LogP contribution in [0.1, 0.15) is 48.4 Å². The minimum atomic E-state index is -1.24. The maximum absolute atomic E-state index is 13.3. The summed E-state index contributed by atoms with van der Waals surface area (Å²) >= 11 is 5.53. The standard InChI is InChI=1S/C24H30I3N3O11/c1-11(32)30(8-16(41-14(4)35)10-40-13(3)34)22-20(26)17(23(37)28-5-6-39-12(2)33)19(25)18(21(22)27)24(38)29-7-15(36)9-31/h15-16,31,36H,5-10H2,1-4H3,(H,28,37)(H,29,38). The van der Waals surface area contributed by atoms with E-state index >= 15 is 0 Å². The molecule has 0 saturated carbocycles. The Hall–Kier alpha value is -1.85. The molecule has 1 aromatic carbocycles. The van der Waals surface area contributed by atoms with Gasteiger partial charge in [0.05, 0.1) is 49.8 Å². The number of hydrogen-bond acceptors (Lipinski definition) is 11. The Balaban J connectivity index is 3.74. The van der Waals surface area contributed by atoms with Crippen LogP contribution in [0.5, 0.6) is 0 Å². The number of rotatable bonds is 14. The van der Waals surface area contributed by atoms with Gasteiger partial charge in [0.15, 0.2) is 6.10 Å². The number of ether oxygens (including phenoxy) is 3. The predicted octanol–water partition coefficient (Wildman–Crippen LogP) is 0.724. The third-order valence-corrected chi connectivity index (χ3v) is 8.17. The number of anilines is 1. The van der Waals surface area contributed by atoms with Crippen LogP contribution < -0.4 is 15.5 Å². The van der Waals surface area contributed by atoms with E-state index in [1.807, 2.05) is 67.8 Å². The minimum absolute atomic E-state index is 0.00663. The van der Waals surface area contributed by atoms with E-state index in [9.17, 15) is 33.9 Å². The number of halogens is 3. The number of carbonyl (C=O) groups is 6. The first-order valence-electron chi connectivity index (χ1n) is 11.9. The van der Waals surface area contributed by atoms with E-state index in [1.165, 1.54) is 25.7 Å². The van der Waals surface area contributed by atoms with E-state index in [0.717, 1.165) is 6.92 Å². The van der Waals surface area contributed by atoms with Crippen molar-refractivity contribution in [3.63, 3.8) is 0 Å². The van der Waals surface area contributed by atoms with Gasteiger partial charge in [-0.05, 0) is 67.8 Å². The molecule has 0 aliphatic heterocycles. The molecule has 2 unspecified atom stereocenters. The summed E-state index contributed by atoms with van der Waals surface area (Å²) in [5, 5.41) is 23.9. The van der Waals surface area contributed by atoms with Crippen molar-refractivity contribution in [3.05, 3.63) is 21.8 Å². The third kappa shape index (κ3) is 11.7. The van der Waals surface area contributed by atoms with Crippen LogP contribution in [0.2, 0.25) is 0 Å². The first-order chi connectivity index (χ1) is 19.1. The average Bonchev–Trinajstić information content (AvgIpc) is 2.86. The van der Waals surface area contributed by atoms with Crippen LogP contribution >= 0.6 is 67.8 Å². The molecule has 0 aliphatic rings. The molecule has 14 nitrogen and oxygen atoms in total. The summed E-state index contributed by atoms with van der Waals surface area (Å²) in [6.07, 6.45) is -2.31. The fourth-order valence-corrected chi connectivity index (χ4v) is 7.98. The minimum Gasteiger partial charge on any atom is -0.464 e. The number of amides is 3. The Labute approximate surface area is 277 Å². The summed E-state index contributed by atoms with van der Waals surface area (Å²) in [7, 11) is 0. The number of esters is 3. The smallest absolute Gasteiger partial charge is 0.303 e. The second-order valence-corrected chi connectivity index (χ2v) is 11.6. The van der Waals surface area contributed by atoms with Gasteiger partial charge in [-0.15, -0.1) is 0 Å². The molecule has 1 aromatic rings. The molecule has 0 spiro atoms. The zero-order chi connectivity index (χ0) is 31.4. The molecule has 1 rings (SSSR count). The summed E-state index contributed by atoms with van der Waals surface area (Å²) in [6, 6.07) is 0. The van der Waals surface area contributed by atoms with Gasteiger partial charge in [0, 0.05) is 37.8 Å². The molecule has 228 valence electrons. The van der Waals surface area contributed by atoms with Crippen LogP contribution in [-0.2, 0) is 33.4 Å². The zero-order valence-corrected chi connectivity index (χ0v) is 29.0. The highest BCUT2D eigenvalue weighted by molar-refractivity contribution is 14.1. The van der Waals surface area contributed by atoms with Gasteiger partial charge in [-0.2, -0.15) is 0 Å². The maximum Gasteiger partial charge on any atom is 0.303 e. The fraction of sp³-hybridized carbons (Fsp3) is 0.500. The molecule has 0 aromatic heterocycles. The number of carbonyl (C=O) groups excluding carboxylic acids is 6. The lowest BCUT2D eigenvalue weighted by Gasteiger charge is -2.30. The fourth-order valence-electron chi connectivity index (χ4n) is 3.25. The zero-order valence-electron chi connectivity index (χ0n) is 22.5. The third-order valence-electron chi connectivity index (χ3n) is 4.99. The van der Waals surface area contributed by atoms with E-state index in [0.29, 0.717) is 0 Å². The Kier molecular flexibility index (Phi) is 16.3. The summed E-state index contributed by atoms with van der Waals surface area (Å²) < 4.78 is 15.9. The summed E-state index contributed by atoms with van der Waals surface area (Å²) in [4.78, 5) is 74.9. The van der Waals surface area contributed by atoms with E-state index in [1.54, 1.807) is 0 Å². The predicted molar refractivity (Wildman–Crippen MR) is 169 cm³/mol. The number of hydrogen-bond donors (Lipinski definition) is 4. The van der Waals surface area contributed by atoms with Crippen molar-refractivity contribution in [2.24, 2.45) is 0 Å². The van der Waals surface area contributed by atoms with Gasteiger partial charge in [-0.3, -0.25) is 28.8 Å². The topological polar surface area (TPSA) is 198 Å². The van der Waals surface area contributed by atoms with Crippen molar-refractivity contribution >= 4 is 109 Å². The second-order valence-electron chi connectivity index (χ2n) is 8.35. The molecule has 0 heterocycles. The Morgan fingerprint density at radius 1 is 0.829 bits per heavy atom. The Bertz CT molecular complexity index is 1180. The van der Waals surface area contributed by atoms with Crippen LogP contribution in [0, 0.1) is 10.7 Å². The number of nitrogens with one attached hydrogen (secondary N) is 2. The number of nitrogens with zero attached hydrogens (tertiary/aromatic N) is 1. The molecule has 0 fully saturated rings. The Morgan fingerprint density at radius 3 is 1.83 bits per heavy atom. The van der Waals surface area contributed by atoms with Crippen molar-refractivity contribution in [1.29, 1.82) is 0 Å². The number of benzene rings is 1. The molecule has 0 aliphatic carbocycles. The van der Waals surface area contributed by atoms with Crippen LogP contribution in [0.15, 0.2) is 0 Å². The molecule has 0 bridgehead atoms. The molecule has 2 atom stereocenters. The van der Waals surface area contributed by atoms with E-state index < -0.39 is 54.4 Å². The van der Waals surface area contributed by atoms with Gasteiger partial charge in [-0.1, -0.05) is 0 Å². The van der Waals surface area contributed by atoms with Crippen LogP contribution in [-0.4, -0.2) is 97.5 Å². The summed E-state index contributed by atoms with van der Waals surface area (Å²) in [5.74, 6) is -3.71. The van der Waals surface area contributed by atoms with Crippen molar-refractivity contribution < 1.29 is 53.2 Å². The lowest BCUT2D eigenvalue weighted by molar-refractivity contribution is -0.155. The molecule has 3 amide bonds. The number of aliphatic hydroxyl groups excluding tert-OH is 2. The Morgan fingerprint density at radius 2 is 1.37 bits per heavy atom. The lowest BCUT2D eigenvalue weighted by atomic mass is 10.1. The van der Waals surface area contributed by atoms with Gasteiger partial charge in [0.25, 0.3) is 11.8 Å². The van der Waals surface area contributed by atoms with Crippen molar-refractivity contribution in [1.82, 2.24) is 10.6 Å². The van der Waals surface area contributed by atoms with Crippen LogP contribution in [0.25, 0.3) is 0 Å². The molecular formula is C24H30I3N3O11. The molecule has 41 heavy (non-hydrogen) atoms. The van der Waals surface area contributed by atoms with E-state index in [-0.39, 0.29) is 60.4 Å². The quantitative estimate of drug-likeness (QED) is 0.0889. The van der Waals surface area contributed by atoms with Gasteiger partial charge < -0.3 is 40.0 Å². The molecule has 0 saturated heterocycles. The number of aliphatic hydroxyl groups is 2. The van der Waals surface area contributed by atoms with Crippen LogP contribution in [0.3, 0.4) is 0 Å². The highest BCUT2D eigenvalue weighted by Crippen LogP contribution is 2.38. The molecule has 4 N–H and O–H groups in total. The normalized spacial score (nSPS) is 12.0. The largest absolute Gasteiger partial charge is 0.464 e. The molecular weight excluding hydrogens is 887 g/mol. The summed E-state index contributed by atoms with van der Waals surface area (Å²) in [5.41, 5.74) is 0.191. The van der Waals surface area contributed by atoms with Crippen molar-refractivity contribution in [3.8, 4) is 0 Å². The SMILES string of the molecule is CC(=O)OCCNC(=O)c1c(I)c(C(=O)NCC(O)CO)c(I)c(N(CC(COC(C)=O)OC(C)=O)C(C)=O)c1I. The highest BCUT2D eigenvalue weighted by atomic mass is 127. The van der Waals surface area contributed by atoms with Crippen molar-refractivity contribution in [2.75, 3.05) is 44.4 Å². The second kappa shape index (κ2) is 18.0. The molecule has 0 radical (unpaired) electrons. The monoisotopic (exact) mass is 917 g/mol. The molecule has 17 heteroatoms. The van der Waals surface area contributed by atoms with Crippen LogP contribution in [0.4, 0.5) is 5.69 Å². The van der Waals surface area contributed by atoms with Gasteiger partial charge in [0.2, 0.25) is 5.91 Å². The van der Waals surface area contributed by atoms with Gasteiger partial charge in [-0.25, -0.2) is 0 Å². The first-order valence-corrected chi connectivity index (χ1v) is 15.1. The van der Waals surface area contributed by atoms with Gasteiger partial charge in [0.1, 0.15) is 13.2 Å². The summed E-state index contributed by atoms with van der Waals surface area (Å²) in [6.45, 7) is 3.11. The van der Waals surface area contributed by atoms with E-state index in [2.05, 4.69) is 10.6 Å². The van der Waals surface area contributed by atoms with Crippen molar-refractivity contribution in [2.45, 2.75) is 39.9 Å². The maximum atomic E-state index is 13.3.